The van der Waals surface area contributed by atoms with E-state index in [-0.39, 0.29) is 6.54 Å². The van der Waals surface area contributed by atoms with Crippen LogP contribution in [0.2, 0.25) is 0 Å². The molecule has 0 saturated carbocycles. The molecule has 102 valence electrons. The van der Waals surface area contributed by atoms with Gasteiger partial charge in [0.1, 0.15) is 6.54 Å². The van der Waals surface area contributed by atoms with Crippen LogP contribution >= 0.6 is 0 Å². The number of alkyl halides is 3. The van der Waals surface area contributed by atoms with Crippen molar-refractivity contribution in [2.45, 2.75) is 45.0 Å². The second-order valence-electron chi connectivity index (χ2n) is 3.91. The maximum absolute atomic E-state index is 11.8. The maximum atomic E-state index is 11.8. The Hall–Kier alpha value is -0.820. The molecule has 0 saturated heterocycles. The number of hydrogen-bond donors (Lipinski definition) is 3. The first kappa shape index (κ1) is 16.2. The first-order valence-corrected chi connectivity index (χ1v) is 5.52. The highest BCUT2D eigenvalue weighted by molar-refractivity contribution is 5.81. The highest BCUT2D eigenvalue weighted by Gasteiger charge is 2.28. The van der Waals surface area contributed by atoms with Gasteiger partial charge in [0.25, 0.3) is 0 Å². The van der Waals surface area contributed by atoms with Gasteiger partial charge >= 0.3 is 6.18 Å². The first-order chi connectivity index (χ1) is 7.76. The summed E-state index contributed by atoms with van der Waals surface area (Å²) >= 11 is 0. The molecule has 0 aliphatic heterocycles. The highest BCUT2D eigenvalue weighted by atomic mass is 19.4. The van der Waals surface area contributed by atoms with Gasteiger partial charge in [0.05, 0.1) is 12.1 Å². The van der Waals surface area contributed by atoms with Crippen LogP contribution in [0.4, 0.5) is 13.2 Å². The minimum absolute atomic E-state index is 0.189. The van der Waals surface area contributed by atoms with Crippen molar-refractivity contribution in [2.75, 3.05) is 13.1 Å². The summed E-state index contributed by atoms with van der Waals surface area (Å²) in [5.41, 5.74) is 0. The lowest BCUT2D eigenvalue weighted by molar-refractivity contribution is -0.139. The fraction of sp³-hybridized carbons (Fsp3) is 0.900. The van der Waals surface area contributed by atoms with Crippen LogP contribution in [0.3, 0.4) is 0 Å². The van der Waals surface area contributed by atoms with Crippen molar-refractivity contribution >= 4 is 5.91 Å². The maximum Gasteiger partial charge on any atom is 0.405 e. The van der Waals surface area contributed by atoms with Gasteiger partial charge in [-0.3, -0.25) is 4.79 Å². The summed E-state index contributed by atoms with van der Waals surface area (Å²) in [6, 6.07) is -0.760. The van der Waals surface area contributed by atoms with Gasteiger partial charge in [-0.15, -0.1) is 0 Å². The monoisotopic (exact) mass is 256 g/mol. The molecular weight excluding hydrogens is 237 g/mol. The molecule has 4 nitrogen and oxygen atoms in total. The number of aliphatic hydroxyl groups is 1. The van der Waals surface area contributed by atoms with Crippen LogP contribution < -0.4 is 10.6 Å². The van der Waals surface area contributed by atoms with Gasteiger partial charge in [-0.05, 0) is 13.3 Å². The third-order valence-corrected chi connectivity index (χ3v) is 2.14. The Morgan fingerprint density at radius 1 is 1.41 bits per heavy atom. The van der Waals surface area contributed by atoms with Crippen LogP contribution in [0.1, 0.15) is 26.7 Å². The van der Waals surface area contributed by atoms with Crippen molar-refractivity contribution in [1.82, 2.24) is 10.6 Å². The topological polar surface area (TPSA) is 61.4 Å². The molecule has 0 rings (SSSR count). The van der Waals surface area contributed by atoms with E-state index in [1.54, 1.807) is 5.32 Å². The lowest BCUT2D eigenvalue weighted by atomic mass is 10.2. The van der Waals surface area contributed by atoms with E-state index in [1.165, 1.54) is 6.92 Å². The van der Waals surface area contributed by atoms with Gasteiger partial charge in [0.15, 0.2) is 0 Å². The van der Waals surface area contributed by atoms with E-state index in [9.17, 15) is 23.1 Å². The molecule has 0 bridgehead atoms. The number of hydrogen-bond acceptors (Lipinski definition) is 3. The Morgan fingerprint density at radius 2 is 2.00 bits per heavy atom. The van der Waals surface area contributed by atoms with E-state index in [0.29, 0.717) is 6.42 Å². The molecule has 0 aliphatic carbocycles. The predicted octanol–water partition coefficient (Wildman–Crippen LogP) is 0.804. The lowest BCUT2D eigenvalue weighted by Crippen LogP contribution is -2.47. The zero-order valence-corrected chi connectivity index (χ0v) is 9.97. The molecule has 3 N–H and O–H groups in total. The normalized spacial score (nSPS) is 15.4. The third-order valence-electron chi connectivity index (χ3n) is 2.14. The quantitative estimate of drug-likeness (QED) is 0.631. The average molecular weight is 256 g/mol. The number of halogens is 3. The highest BCUT2D eigenvalue weighted by Crippen LogP contribution is 2.12. The Morgan fingerprint density at radius 3 is 2.47 bits per heavy atom. The summed E-state index contributed by atoms with van der Waals surface area (Å²) in [4.78, 5) is 11.2. The number of aliphatic hydroxyl groups excluding tert-OH is 1. The van der Waals surface area contributed by atoms with Crippen molar-refractivity contribution in [1.29, 1.82) is 0 Å². The molecule has 0 spiro atoms. The predicted molar refractivity (Wildman–Crippen MR) is 57.4 cm³/mol. The first-order valence-electron chi connectivity index (χ1n) is 5.52. The van der Waals surface area contributed by atoms with Gasteiger partial charge in [-0.2, -0.15) is 13.2 Å². The summed E-state index contributed by atoms with van der Waals surface area (Å²) in [7, 11) is 0. The molecule has 0 aromatic rings. The molecule has 0 aromatic heterocycles. The Labute approximate surface area is 98.6 Å². The van der Waals surface area contributed by atoms with Crippen LogP contribution in [0, 0.1) is 0 Å². The number of nitrogens with one attached hydrogen (secondary N) is 2. The summed E-state index contributed by atoms with van der Waals surface area (Å²) in [5.74, 6) is -0.731. The van der Waals surface area contributed by atoms with Gasteiger partial charge in [-0.1, -0.05) is 13.3 Å². The second kappa shape index (κ2) is 7.50. The van der Waals surface area contributed by atoms with E-state index >= 15 is 0 Å². The average Bonchev–Trinajstić information content (AvgIpc) is 2.22. The molecule has 7 heteroatoms. The summed E-state index contributed by atoms with van der Waals surface area (Å²) in [6.45, 7) is 2.21. The smallest absolute Gasteiger partial charge is 0.392 e. The van der Waals surface area contributed by atoms with Crippen molar-refractivity contribution in [3.63, 3.8) is 0 Å². The molecule has 0 radical (unpaired) electrons. The molecule has 0 fully saturated rings. The summed E-state index contributed by atoms with van der Waals surface area (Å²) in [6.07, 6.45) is -3.60. The molecule has 0 aromatic carbocycles. The lowest BCUT2D eigenvalue weighted by Gasteiger charge is -2.17. The molecule has 17 heavy (non-hydrogen) atoms. The number of carbonyl (C=O) groups is 1. The van der Waals surface area contributed by atoms with E-state index in [0.717, 1.165) is 6.42 Å². The van der Waals surface area contributed by atoms with Gasteiger partial charge in [-0.25, -0.2) is 0 Å². The Bertz CT molecular complexity index is 234. The fourth-order valence-electron chi connectivity index (χ4n) is 1.18. The zero-order chi connectivity index (χ0) is 13.5. The van der Waals surface area contributed by atoms with E-state index < -0.39 is 30.8 Å². The fourth-order valence-corrected chi connectivity index (χ4v) is 1.18. The Kier molecular flexibility index (Phi) is 7.13. The number of amides is 1. The molecule has 2 unspecified atom stereocenters. The summed E-state index contributed by atoms with van der Waals surface area (Å²) in [5, 5.41) is 13.8. The minimum atomic E-state index is -4.41. The van der Waals surface area contributed by atoms with Crippen LogP contribution in [-0.4, -0.2) is 42.4 Å². The third kappa shape index (κ3) is 8.93. The van der Waals surface area contributed by atoms with Gasteiger partial charge in [0.2, 0.25) is 5.91 Å². The second-order valence-corrected chi connectivity index (χ2v) is 3.91. The Balaban J connectivity index is 3.82. The molecular formula is C10H19F3N2O2. The number of rotatable bonds is 7. The van der Waals surface area contributed by atoms with E-state index in [2.05, 4.69) is 5.32 Å². The standard InChI is InChI=1S/C10H19F3N2O2/c1-3-4-8(16)5-14-7(2)9(17)15-6-10(11,12)13/h7-8,14,16H,3-6H2,1-2H3,(H,15,17). The molecule has 0 heterocycles. The molecule has 1 amide bonds. The van der Waals surface area contributed by atoms with Crippen molar-refractivity contribution < 1.29 is 23.1 Å². The summed E-state index contributed by atoms with van der Waals surface area (Å²) < 4.78 is 35.5. The zero-order valence-electron chi connectivity index (χ0n) is 9.97. The van der Waals surface area contributed by atoms with Crippen LogP contribution in [0.5, 0.6) is 0 Å². The minimum Gasteiger partial charge on any atom is -0.392 e. The molecule has 2 atom stereocenters. The number of carbonyl (C=O) groups excluding carboxylic acids is 1. The van der Waals surface area contributed by atoms with E-state index in [1.807, 2.05) is 6.92 Å². The van der Waals surface area contributed by atoms with Crippen LogP contribution in [-0.2, 0) is 4.79 Å². The van der Waals surface area contributed by atoms with Crippen molar-refractivity contribution in [2.24, 2.45) is 0 Å². The largest absolute Gasteiger partial charge is 0.405 e. The van der Waals surface area contributed by atoms with Crippen molar-refractivity contribution in [3.05, 3.63) is 0 Å². The van der Waals surface area contributed by atoms with Gasteiger partial charge in [0, 0.05) is 6.54 Å². The van der Waals surface area contributed by atoms with Crippen LogP contribution in [0.25, 0.3) is 0 Å². The molecule has 0 aliphatic rings. The van der Waals surface area contributed by atoms with E-state index in [4.69, 9.17) is 0 Å². The van der Waals surface area contributed by atoms with Gasteiger partial charge < -0.3 is 15.7 Å². The SMILES string of the molecule is CCCC(O)CNC(C)C(=O)NCC(F)(F)F. The van der Waals surface area contributed by atoms with Crippen LogP contribution in [0.15, 0.2) is 0 Å². The van der Waals surface area contributed by atoms with Crippen molar-refractivity contribution in [3.8, 4) is 0 Å².